The molecule has 1 amide bonds. The van der Waals surface area contributed by atoms with E-state index in [4.69, 9.17) is 11.5 Å². The predicted molar refractivity (Wildman–Crippen MR) is 111 cm³/mol. The molecule has 0 saturated carbocycles. The van der Waals surface area contributed by atoms with Crippen molar-refractivity contribution < 1.29 is 60.0 Å². The number of rotatable bonds is 6. The summed E-state index contributed by atoms with van der Waals surface area (Å²) in [7, 11) is 0.948. The third kappa shape index (κ3) is 9.83. The maximum Gasteiger partial charge on any atom is 0.573 e. The van der Waals surface area contributed by atoms with Gasteiger partial charge in [0, 0.05) is 24.3 Å². The van der Waals surface area contributed by atoms with Crippen molar-refractivity contribution in [1.82, 2.24) is 0 Å². The molecule has 2 aromatic carbocycles. The number of esters is 1. The number of nitro benzene ring substituents is 2. The highest BCUT2D eigenvalue weighted by atomic mass is 19.4. The summed E-state index contributed by atoms with van der Waals surface area (Å²) in [6.07, 6.45) is -9.96. The Morgan fingerprint density at radius 1 is 0.816 bits per heavy atom. The first kappa shape index (κ1) is 30.9. The first-order valence-electron chi connectivity index (χ1n) is 9.15. The Bertz CT molecular complexity index is 1260. The number of ether oxygens (including phenoxy) is 3. The molecule has 0 bridgehead atoms. The lowest BCUT2D eigenvalue weighted by Gasteiger charge is -2.09. The lowest BCUT2D eigenvalue weighted by Crippen LogP contribution is -2.24. The summed E-state index contributed by atoms with van der Waals surface area (Å²) >= 11 is 0. The number of hydrogen-bond donors (Lipinski definition) is 2. The summed E-state index contributed by atoms with van der Waals surface area (Å²) in [5, 5.41) is 21.3. The summed E-state index contributed by atoms with van der Waals surface area (Å²) in [5.74, 6) is -4.63. The molecule has 0 aromatic heterocycles. The van der Waals surface area contributed by atoms with Crippen LogP contribution in [0.3, 0.4) is 0 Å². The minimum absolute atomic E-state index is 0.528. The zero-order valence-corrected chi connectivity index (χ0v) is 18.4. The van der Waals surface area contributed by atoms with Crippen molar-refractivity contribution in [2.24, 2.45) is 16.5 Å². The van der Waals surface area contributed by atoms with Crippen molar-refractivity contribution in [3.05, 3.63) is 67.8 Å². The molecule has 20 heteroatoms. The van der Waals surface area contributed by atoms with E-state index >= 15 is 0 Å². The van der Waals surface area contributed by atoms with Crippen molar-refractivity contribution in [2.75, 3.05) is 7.11 Å². The zero-order valence-electron chi connectivity index (χ0n) is 18.4. The van der Waals surface area contributed by atoms with Gasteiger partial charge in [-0.3, -0.25) is 25.0 Å². The van der Waals surface area contributed by atoms with Gasteiger partial charge in [0.15, 0.2) is 5.96 Å². The quantitative estimate of drug-likeness (QED) is 0.131. The molecule has 0 aliphatic heterocycles. The SMILES string of the molecule is COC(=O)c1cc(OC(F)(F)F)ccc1[N+](=O)[O-].NC(N)=NC(=O)c1cc(OC(F)(F)F)ccc1[N+](=O)[O-]. The number of alkyl halides is 6. The first-order chi connectivity index (χ1) is 17.3. The molecule has 2 aromatic rings. The molecule has 4 N–H and O–H groups in total. The zero-order chi connectivity index (χ0) is 29.4. The Labute approximate surface area is 205 Å². The van der Waals surface area contributed by atoms with Crippen molar-refractivity contribution in [3.63, 3.8) is 0 Å². The normalized spacial score (nSPS) is 10.8. The number of hydrogen-bond acceptors (Lipinski definition) is 9. The number of nitro groups is 2. The van der Waals surface area contributed by atoms with Gasteiger partial charge in [0.2, 0.25) is 0 Å². The van der Waals surface area contributed by atoms with Crippen molar-refractivity contribution >= 4 is 29.2 Å². The standard InChI is InChI=1S/C9H7F3N4O4.C9H6F3NO5/c10-9(11,12)20-4-1-2-6(16(18)19)5(3-4)7(17)15-8(13)14;1-17-8(14)6-4-5(18-9(10,11)12)2-3-7(6)13(15)16/h1-3H,(H4,13,14,15,17);2-4H,1H3. The average molecular weight is 557 g/mol. The van der Waals surface area contributed by atoms with Crippen LogP contribution in [0, 0.1) is 20.2 Å². The highest BCUT2D eigenvalue weighted by molar-refractivity contribution is 6.04. The highest BCUT2D eigenvalue weighted by Crippen LogP contribution is 2.30. The van der Waals surface area contributed by atoms with Crippen LogP contribution in [-0.4, -0.2) is 47.5 Å². The molecule has 206 valence electrons. The van der Waals surface area contributed by atoms with E-state index in [0.717, 1.165) is 19.2 Å². The minimum atomic E-state index is -5.01. The number of carbonyl (C=O) groups excluding carboxylic acids is 2. The Morgan fingerprint density at radius 3 is 1.55 bits per heavy atom. The smallest absolute Gasteiger partial charge is 0.465 e. The molecular weight excluding hydrogens is 544 g/mol. The number of nitrogens with two attached hydrogens (primary N) is 2. The fourth-order valence-electron chi connectivity index (χ4n) is 2.37. The van der Waals surface area contributed by atoms with Gasteiger partial charge in [-0.25, -0.2) is 4.79 Å². The van der Waals surface area contributed by atoms with E-state index in [1.807, 2.05) is 0 Å². The van der Waals surface area contributed by atoms with Gasteiger partial charge in [-0.15, -0.1) is 26.3 Å². The molecule has 0 spiro atoms. The molecule has 14 nitrogen and oxygen atoms in total. The topological polar surface area (TPSA) is 213 Å². The molecular formula is C18H13F6N5O9. The van der Waals surface area contributed by atoms with E-state index in [2.05, 4.69) is 19.2 Å². The van der Waals surface area contributed by atoms with Crippen LogP contribution in [0.25, 0.3) is 0 Å². The van der Waals surface area contributed by atoms with Gasteiger partial charge < -0.3 is 25.7 Å². The van der Waals surface area contributed by atoms with Gasteiger partial charge >= 0.3 is 18.7 Å². The third-order valence-electron chi connectivity index (χ3n) is 3.66. The highest BCUT2D eigenvalue weighted by Gasteiger charge is 2.33. The van der Waals surface area contributed by atoms with Crippen LogP contribution in [-0.2, 0) is 4.74 Å². The van der Waals surface area contributed by atoms with Crippen LogP contribution in [0.5, 0.6) is 11.5 Å². The van der Waals surface area contributed by atoms with Gasteiger partial charge in [0.25, 0.3) is 17.3 Å². The molecule has 0 atom stereocenters. The van der Waals surface area contributed by atoms with E-state index in [1.165, 1.54) is 0 Å². The van der Waals surface area contributed by atoms with E-state index in [9.17, 15) is 56.2 Å². The van der Waals surface area contributed by atoms with E-state index in [1.54, 1.807) is 0 Å². The maximum absolute atomic E-state index is 12.0. The van der Waals surface area contributed by atoms with Crippen LogP contribution in [0.2, 0.25) is 0 Å². The number of guanidine groups is 1. The van der Waals surface area contributed by atoms with Crippen molar-refractivity contribution in [1.29, 1.82) is 0 Å². The number of halogens is 6. The molecule has 0 heterocycles. The third-order valence-corrected chi connectivity index (χ3v) is 3.66. The Hall–Kier alpha value is -5.17. The van der Waals surface area contributed by atoms with Gasteiger partial charge in [0.05, 0.1) is 17.0 Å². The van der Waals surface area contributed by atoms with Crippen molar-refractivity contribution in [2.45, 2.75) is 12.7 Å². The Morgan fingerprint density at radius 2 is 1.21 bits per heavy atom. The summed E-state index contributed by atoms with van der Waals surface area (Å²) < 4.78 is 83.3. The molecule has 0 radical (unpaired) electrons. The minimum Gasteiger partial charge on any atom is -0.465 e. The fraction of sp³-hybridized carbons (Fsp3) is 0.167. The lowest BCUT2D eigenvalue weighted by atomic mass is 10.1. The largest absolute Gasteiger partial charge is 0.573 e. The predicted octanol–water partition coefficient (Wildman–Crippen LogP) is 3.19. The first-order valence-corrected chi connectivity index (χ1v) is 9.15. The van der Waals surface area contributed by atoms with Gasteiger partial charge in [-0.1, -0.05) is 0 Å². The molecule has 38 heavy (non-hydrogen) atoms. The number of methoxy groups -OCH3 is 1. The number of carbonyl (C=O) groups is 2. The lowest BCUT2D eigenvalue weighted by molar-refractivity contribution is -0.385. The molecule has 0 fully saturated rings. The van der Waals surface area contributed by atoms with E-state index in [-0.39, 0.29) is 0 Å². The molecule has 0 aliphatic carbocycles. The van der Waals surface area contributed by atoms with Crippen LogP contribution in [0.1, 0.15) is 20.7 Å². The average Bonchev–Trinajstić information content (AvgIpc) is 2.75. The van der Waals surface area contributed by atoms with Crippen LogP contribution < -0.4 is 20.9 Å². The van der Waals surface area contributed by atoms with Crippen LogP contribution in [0.15, 0.2) is 41.4 Å². The fourth-order valence-corrected chi connectivity index (χ4v) is 2.37. The number of nitrogens with zero attached hydrogens (tertiary/aromatic N) is 3. The van der Waals surface area contributed by atoms with Crippen LogP contribution in [0.4, 0.5) is 37.7 Å². The van der Waals surface area contributed by atoms with Crippen molar-refractivity contribution in [3.8, 4) is 11.5 Å². The molecule has 0 unspecified atom stereocenters. The van der Waals surface area contributed by atoms with E-state index in [0.29, 0.717) is 24.3 Å². The number of aliphatic imine (C=N–C) groups is 1. The Balaban J connectivity index is 0.000000382. The summed E-state index contributed by atoms with van der Waals surface area (Å²) in [5.41, 5.74) is 7.07. The van der Waals surface area contributed by atoms with Crippen LogP contribution >= 0.6 is 0 Å². The second-order valence-corrected chi connectivity index (χ2v) is 6.30. The van der Waals surface area contributed by atoms with Gasteiger partial charge in [-0.05, 0) is 12.1 Å². The molecule has 0 aliphatic rings. The van der Waals surface area contributed by atoms with Gasteiger partial charge in [-0.2, -0.15) is 4.99 Å². The van der Waals surface area contributed by atoms with Gasteiger partial charge in [0.1, 0.15) is 22.6 Å². The Kier molecular flexibility index (Phi) is 9.90. The summed E-state index contributed by atoms with van der Waals surface area (Å²) in [4.78, 5) is 45.1. The monoisotopic (exact) mass is 557 g/mol. The van der Waals surface area contributed by atoms with E-state index < -0.39 is 74.4 Å². The molecule has 2 rings (SSSR count). The second kappa shape index (κ2) is 12.2. The molecule has 0 saturated heterocycles. The number of amides is 1. The second-order valence-electron chi connectivity index (χ2n) is 6.30. The maximum atomic E-state index is 12.0. The number of benzene rings is 2. The summed E-state index contributed by atoms with van der Waals surface area (Å²) in [6, 6.07) is 3.96. The summed E-state index contributed by atoms with van der Waals surface area (Å²) in [6.45, 7) is 0.